The van der Waals surface area contributed by atoms with Crippen molar-refractivity contribution in [2.75, 3.05) is 26.4 Å². The Morgan fingerprint density at radius 2 is 1.36 bits per heavy atom. The predicted molar refractivity (Wildman–Crippen MR) is 101 cm³/mol. The Morgan fingerprint density at radius 3 is 1.75 bits per heavy atom. The number of hydrogen-bond acceptors (Lipinski definition) is 7. The van der Waals surface area contributed by atoms with Gasteiger partial charge in [0.1, 0.15) is 0 Å². The third-order valence-corrected chi connectivity index (χ3v) is 5.64. The van der Waals surface area contributed by atoms with Crippen LogP contribution in [0.25, 0.3) is 0 Å². The highest BCUT2D eigenvalue weighted by molar-refractivity contribution is 5.67. The molecule has 148 valence electrons. The van der Waals surface area contributed by atoms with E-state index in [0.717, 1.165) is 24.0 Å². The molecule has 2 aromatic rings. The van der Waals surface area contributed by atoms with Crippen molar-refractivity contribution < 1.29 is 23.7 Å². The van der Waals surface area contributed by atoms with Crippen molar-refractivity contribution >= 4 is 6.16 Å². The fraction of sp³-hybridized carbons (Fsp3) is 0.476. The maximum absolute atomic E-state index is 12.5. The summed E-state index contributed by atoms with van der Waals surface area (Å²) in [7, 11) is 0. The minimum absolute atomic E-state index is 0.241. The van der Waals surface area contributed by atoms with Gasteiger partial charge < -0.3 is 18.9 Å². The zero-order valence-electron chi connectivity index (χ0n) is 16.1. The summed E-state index contributed by atoms with van der Waals surface area (Å²) < 4.78 is 22.0. The van der Waals surface area contributed by atoms with Gasteiger partial charge in [-0.25, -0.2) is 14.8 Å². The van der Waals surface area contributed by atoms with Crippen molar-refractivity contribution in [3.8, 4) is 11.8 Å². The molecule has 0 spiro atoms. The molecular weight excluding hydrogens is 360 g/mol. The number of aromatic nitrogens is 2. The van der Waals surface area contributed by atoms with Crippen LogP contribution in [0.15, 0.2) is 36.7 Å². The topological polar surface area (TPSA) is 79.8 Å². The van der Waals surface area contributed by atoms with E-state index in [-0.39, 0.29) is 22.6 Å². The molecule has 2 aliphatic rings. The molecular formula is C21H24N2O5. The summed E-state index contributed by atoms with van der Waals surface area (Å²) in [5.41, 5.74) is 1.19. The van der Waals surface area contributed by atoms with Crippen LogP contribution in [0, 0.1) is 0 Å². The second-order valence-electron chi connectivity index (χ2n) is 7.89. The summed E-state index contributed by atoms with van der Waals surface area (Å²) in [6.45, 7) is 6.63. The Morgan fingerprint density at radius 1 is 0.893 bits per heavy atom. The average molecular weight is 384 g/mol. The van der Waals surface area contributed by atoms with Gasteiger partial charge in [-0.3, -0.25) is 0 Å². The molecule has 28 heavy (non-hydrogen) atoms. The van der Waals surface area contributed by atoms with Gasteiger partial charge in [0.25, 0.3) is 0 Å². The third-order valence-electron chi connectivity index (χ3n) is 5.64. The smallest absolute Gasteiger partial charge is 0.380 e. The molecule has 0 radical (unpaired) electrons. The van der Waals surface area contributed by atoms with Crippen LogP contribution in [0.4, 0.5) is 4.79 Å². The quantitative estimate of drug-likeness (QED) is 0.747. The maximum atomic E-state index is 12.5. The lowest BCUT2D eigenvalue weighted by molar-refractivity contribution is 0.143. The van der Waals surface area contributed by atoms with Gasteiger partial charge in [-0.05, 0) is 25.0 Å². The van der Waals surface area contributed by atoms with Gasteiger partial charge in [0.2, 0.25) is 11.8 Å². The molecule has 0 aliphatic carbocycles. The standard InChI is InChI=1S/C21H24N2O5/c1-20(7-11-25-13-20)15-5-3-9-22-17(15)27-19(24)28-18-16(6-4-10-23-18)21(2)8-12-26-14-21/h3-6,9-10H,7-8,11-14H2,1-2H3. The number of ether oxygens (including phenoxy) is 4. The fourth-order valence-corrected chi connectivity index (χ4v) is 3.80. The Balaban J connectivity index is 1.54. The second-order valence-corrected chi connectivity index (χ2v) is 7.89. The van der Waals surface area contributed by atoms with Crippen LogP contribution in [0.2, 0.25) is 0 Å². The molecule has 0 amide bonds. The van der Waals surface area contributed by atoms with Crippen molar-refractivity contribution in [2.24, 2.45) is 0 Å². The molecule has 7 heteroatoms. The Hall–Kier alpha value is -2.51. The maximum Gasteiger partial charge on any atom is 0.522 e. The predicted octanol–water partition coefficient (Wildman–Crippen LogP) is 3.41. The average Bonchev–Trinajstić information content (AvgIpc) is 3.32. The minimum atomic E-state index is -0.857. The largest absolute Gasteiger partial charge is 0.522 e. The Kier molecular flexibility index (Phi) is 5.03. The zero-order valence-corrected chi connectivity index (χ0v) is 16.1. The number of carbonyl (C=O) groups excluding carboxylic acids is 1. The van der Waals surface area contributed by atoms with E-state index in [4.69, 9.17) is 18.9 Å². The summed E-state index contributed by atoms with van der Waals surface area (Å²) in [6, 6.07) is 7.48. The molecule has 2 aromatic heterocycles. The number of carbonyl (C=O) groups is 1. The Labute approximate surface area is 164 Å². The van der Waals surface area contributed by atoms with Gasteiger partial charge in [0.15, 0.2) is 0 Å². The number of pyridine rings is 2. The molecule has 0 bridgehead atoms. The van der Waals surface area contributed by atoms with Crippen LogP contribution in [-0.4, -0.2) is 42.6 Å². The van der Waals surface area contributed by atoms with Crippen molar-refractivity contribution in [1.82, 2.24) is 9.97 Å². The van der Waals surface area contributed by atoms with Gasteiger partial charge in [-0.2, -0.15) is 0 Å². The lowest BCUT2D eigenvalue weighted by atomic mass is 9.82. The van der Waals surface area contributed by atoms with E-state index in [0.29, 0.717) is 26.4 Å². The number of hydrogen-bond donors (Lipinski definition) is 0. The van der Waals surface area contributed by atoms with Gasteiger partial charge in [0, 0.05) is 47.6 Å². The van der Waals surface area contributed by atoms with E-state index in [2.05, 4.69) is 23.8 Å². The SMILES string of the molecule is CC1(c2cccnc2OC(=O)Oc2ncccc2C2(C)CCOC2)CCOC1. The van der Waals surface area contributed by atoms with Gasteiger partial charge in [-0.1, -0.05) is 26.0 Å². The fourth-order valence-electron chi connectivity index (χ4n) is 3.80. The van der Waals surface area contributed by atoms with Crippen molar-refractivity contribution in [3.05, 3.63) is 47.8 Å². The lowest BCUT2D eigenvalue weighted by Gasteiger charge is -2.24. The molecule has 2 fully saturated rings. The van der Waals surface area contributed by atoms with Crippen LogP contribution in [-0.2, 0) is 20.3 Å². The van der Waals surface area contributed by atoms with E-state index < -0.39 is 6.16 Å². The molecule has 2 atom stereocenters. The van der Waals surface area contributed by atoms with Crippen molar-refractivity contribution in [3.63, 3.8) is 0 Å². The van der Waals surface area contributed by atoms with Crippen LogP contribution in [0.3, 0.4) is 0 Å². The van der Waals surface area contributed by atoms with E-state index >= 15 is 0 Å². The normalized spacial score (nSPS) is 26.9. The molecule has 4 rings (SSSR count). The first kappa shape index (κ1) is 18.8. The summed E-state index contributed by atoms with van der Waals surface area (Å²) in [5, 5.41) is 0. The van der Waals surface area contributed by atoms with Gasteiger partial charge in [-0.15, -0.1) is 0 Å². The van der Waals surface area contributed by atoms with Gasteiger partial charge >= 0.3 is 6.16 Å². The van der Waals surface area contributed by atoms with E-state index in [9.17, 15) is 4.79 Å². The highest BCUT2D eigenvalue weighted by Crippen LogP contribution is 2.38. The van der Waals surface area contributed by atoms with Gasteiger partial charge in [0.05, 0.1) is 13.2 Å². The van der Waals surface area contributed by atoms with E-state index in [1.54, 1.807) is 12.4 Å². The van der Waals surface area contributed by atoms with Crippen molar-refractivity contribution in [2.45, 2.75) is 37.5 Å². The number of rotatable bonds is 4. The highest BCUT2D eigenvalue weighted by Gasteiger charge is 2.37. The molecule has 7 nitrogen and oxygen atoms in total. The van der Waals surface area contributed by atoms with Crippen LogP contribution >= 0.6 is 0 Å². The first-order chi connectivity index (χ1) is 13.5. The first-order valence-electron chi connectivity index (χ1n) is 9.46. The van der Waals surface area contributed by atoms with E-state index in [1.807, 2.05) is 24.3 Å². The summed E-state index contributed by atoms with van der Waals surface area (Å²) >= 11 is 0. The van der Waals surface area contributed by atoms with Crippen LogP contribution < -0.4 is 9.47 Å². The second kappa shape index (κ2) is 7.48. The molecule has 0 N–H and O–H groups in total. The van der Waals surface area contributed by atoms with E-state index in [1.165, 1.54) is 0 Å². The number of nitrogens with zero attached hydrogens (tertiary/aromatic N) is 2. The summed E-state index contributed by atoms with van der Waals surface area (Å²) in [4.78, 5) is 21.0. The molecule has 0 saturated carbocycles. The highest BCUT2D eigenvalue weighted by atomic mass is 16.7. The Bertz CT molecular complexity index is 788. The summed E-state index contributed by atoms with van der Waals surface area (Å²) in [5.74, 6) is 0.488. The lowest BCUT2D eigenvalue weighted by Crippen LogP contribution is -2.27. The molecule has 2 saturated heterocycles. The van der Waals surface area contributed by atoms with Crippen LogP contribution in [0.1, 0.15) is 37.8 Å². The third kappa shape index (κ3) is 3.59. The first-order valence-corrected chi connectivity index (χ1v) is 9.46. The molecule has 0 aromatic carbocycles. The van der Waals surface area contributed by atoms with Crippen LogP contribution in [0.5, 0.6) is 11.8 Å². The molecule has 2 aliphatic heterocycles. The molecule has 4 heterocycles. The monoisotopic (exact) mass is 384 g/mol. The minimum Gasteiger partial charge on any atom is -0.380 e. The molecule has 2 unspecified atom stereocenters. The van der Waals surface area contributed by atoms with Crippen molar-refractivity contribution in [1.29, 1.82) is 0 Å². The summed E-state index contributed by atoms with van der Waals surface area (Å²) in [6.07, 6.45) is 4.01. The zero-order chi connectivity index (χ0) is 19.6.